The smallest absolute Gasteiger partial charge is 0.268 e. The summed E-state index contributed by atoms with van der Waals surface area (Å²) in [6, 6.07) is 7.34. The molecule has 0 radical (unpaired) electrons. The van der Waals surface area contributed by atoms with Gasteiger partial charge in [0.2, 0.25) is 5.91 Å². The lowest BCUT2D eigenvalue weighted by molar-refractivity contribution is -0.131. The highest BCUT2D eigenvalue weighted by Crippen LogP contribution is 2.31. The van der Waals surface area contributed by atoms with Crippen molar-refractivity contribution in [2.75, 3.05) is 25.5 Å². The standard InChI is InChI=1S/C18H17F2N5O2/c1-22-14-4-2-3-12-13(5-6-23-16(12)14)17(27)24-9-15(26)25-10-18(19,20)7-11(25)8-21/h2-6,11,22H,7,9-10H2,1H3,(H,24,27). The highest BCUT2D eigenvalue weighted by atomic mass is 19.3. The Bertz CT molecular complexity index is 941. The van der Waals surface area contributed by atoms with Gasteiger partial charge in [0.1, 0.15) is 6.04 Å². The number of anilines is 1. The maximum atomic E-state index is 13.5. The second-order valence-electron chi connectivity index (χ2n) is 6.22. The summed E-state index contributed by atoms with van der Waals surface area (Å²) in [5.74, 6) is -4.34. The first kappa shape index (κ1) is 18.5. The van der Waals surface area contributed by atoms with Gasteiger partial charge in [0.25, 0.3) is 11.8 Å². The van der Waals surface area contributed by atoms with E-state index in [0.717, 1.165) is 10.6 Å². The number of carbonyl (C=O) groups excluding carboxylic acids is 2. The number of benzene rings is 1. The van der Waals surface area contributed by atoms with Crippen LogP contribution in [0.5, 0.6) is 0 Å². The summed E-state index contributed by atoms with van der Waals surface area (Å²) in [5, 5.41) is 15.0. The number of nitrogens with zero attached hydrogens (tertiary/aromatic N) is 3. The Kier molecular flexibility index (Phi) is 4.90. The van der Waals surface area contributed by atoms with E-state index in [-0.39, 0.29) is 0 Å². The Morgan fingerprint density at radius 2 is 2.19 bits per heavy atom. The predicted octanol–water partition coefficient (Wildman–Crippen LogP) is 1.77. The molecule has 2 heterocycles. The molecule has 27 heavy (non-hydrogen) atoms. The molecule has 0 saturated carbocycles. The third-order valence-corrected chi connectivity index (χ3v) is 4.42. The second-order valence-corrected chi connectivity index (χ2v) is 6.22. The summed E-state index contributed by atoms with van der Waals surface area (Å²) in [6.07, 6.45) is 0.789. The van der Waals surface area contributed by atoms with Crippen LogP contribution in [0.15, 0.2) is 30.5 Å². The van der Waals surface area contributed by atoms with Crippen LogP contribution in [0.2, 0.25) is 0 Å². The van der Waals surface area contributed by atoms with Gasteiger partial charge in [-0.2, -0.15) is 5.26 Å². The van der Waals surface area contributed by atoms with Gasteiger partial charge >= 0.3 is 0 Å². The molecule has 2 amide bonds. The fourth-order valence-electron chi connectivity index (χ4n) is 3.12. The van der Waals surface area contributed by atoms with Gasteiger partial charge < -0.3 is 15.5 Å². The Morgan fingerprint density at radius 3 is 2.89 bits per heavy atom. The van der Waals surface area contributed by atoms with Crippen LogP contribution in [0.1, 0.15) is 16.8 Å². The number of nitrogens with one attached hydrogen (secondary N) is 2. The number of hydrogen-bond donors (Lipinski definition) is 2. The van der Waals surface area contributed by atoms with E-state index in [1.165, 1.54) is 12.3 Å². The number of aromatic nitrogens is 1. The average molecular weight is 373 g/mol. The zero-order chi connectivity index (χ0) is 19.6. The number of carbonyl (C=O) groups is 2. The number of para-hydroxylation sites is 1. The van der Waals surface area contributed by atoms with Crippen molar-refractivity contribution >= 4 is 28.4 Å². The third-order valence-electron chi connectivity index (χ3n) is 4.42. The van der Waals surface area contributed by atoms with Crippen LogP contribution in [0.25, 0.3) is 10.9 Å². The van der Waals surface area contributed by atoms with Crippen molar-refractivity contribution in [1.29, 1.82) is 5.26 Å². The molecule has 0 bridgehead atoms. The van der Waals surface area contributed by atoms with Crippen LogP contribution in [0.3, 0.4) is 0 Å². The molecular formula is C18H17F2N5O2. The molecule has 1 unspecified atom stereocenters. The molecule has 1 aliphatic rings. The Labute approximate surface area is 154 Å². The number of rotatable bonds is 4. The molecule has 1 aliphatic heterocycles. The number of likely N-dealkylation sites (tertiary alicyclic amines) is 1. The van der Waals surface area contributed by atoms with Crippen molar-refractivity contribution in [2.24, 2.45) is 0 Å². The molecule has 0 spiro atoms. The Hall–Kier alpha value is -3.28. The molecule has 1 aromatic carbocycles. The lowest BCUT2D eigenvalue weighted by Gasteiger charge is -2.19. The maximum absolute atomic E-state index is 13.5. The third kappa shape index (κ3) is 3.65. The van der Waals surface area contributed by atoms with E-state index in [1.807, 2.05) is 6.07 Å². The molecule has 0 aliphatic carbocycles. The summed E-state index contributed by atoms with van der Waals surface area (Å²) in [4.78, 5) is 29.8. The van der Waals surface area contributed by atoms with E-state index < -0.39 is 43.3 Å². The normalized spacial score (nSPS) is 18.1. The van der Waals surface area contributed by atoms with E-state index in [0.29, 0.717) is 16.5 Å². The maximum Gasteiger partial charge on any atom is 0.268 e. The summed E-state index contributed by atoms with van der Waals surface area (Å²) >= 11 is 0. The number of amides is 2. The number of pyridine rings is 1. The van der Waals surface area contributed by atoms with Crippen LogP contribution >= 0.6 is 0 Å². The van der Waals surface area contributed by atoms with Gasteiger partial charge in [0.05, 0.1) is 35.9 Å². The zero-order valence-corrected chi connectivity index (χ0v) is 14.5. The van der Waals surface area contributed by atoms with Crippen molar-refractivity contribution < 1.29 is 18.4 Å². The highest BCUT2D eigenvalue weighted by Gasteiger charge is 2.47. The number of halogens is 2. The topological polar surface area (TPSA) is 98.1 Å². The first-order valence-electron chi connectivity index (χ1n) is 8.27. The number of fused-ring (bicyclic) bond motifs is 1. The summed E-state index contributed by atoms with van der Waals surface area (Å²) in [5.41, 5.74) is 1.66. The molecule has 1 atom stereocenters. The van der Waals surface area contributed by atoms with Gasteiger partial charge in [-0.05, 0) is 12.1 Å². The molecule has 2 aromatic rings. The summed E-state index contributed by atoms with van der Waals surface area (Å²) in [6.45, 7) is -1.29. The van der Waals surface area contributed by atoms with Crippen molar-refractivity contribution in [1.82, 2.24) is 15.2 Å². The van der Waals surface area contributed by atoms with Gasteiger partial charge in [-0.1, -0.05) is 12.1 Å². The largest absolute Gasteiger partial charge is 0.386 e. The van der Waals surface area contributed by atoms with E-state index in [4.69, 9.17) is 5.26 Å². The molecule has 1 fully saturated rings. The molecule has 2 N–H and O–H groups in total. The van der Waals surface area contributed by atoms with Gasteiger partial charge in [-0.3, -0.25) is 14.6 Å². The van der Waals surface area contributed by atoms with Crippen LogP contribution in [-0.4, -0.2) is 53.8 Å². The minimum absolute atomic E-state index is 0.313. The van der Waals surface area contributed by atoms with Gasteiger partial charge in [0, 0.05) is 25.1 Å². The quantitative estimate of drug-likeness (QED) is 0.851. The second kappa shape index (κ2) is 7.15. The summed E-state index contributed by atoms with van der Waals surface area (Å²) in [7, 11) is 1.74. The molecule has 3 rings (SSSR count). The SMILES string of the molecule is CNc1cccc2c(C(=O)NCC(=O)N3CC(F)(F)CC3C#N)ccnc12. The van der Waals surface area contributed by atoms with Gasteiger partial charge in [-0.15, -0.1) is 0 Å². The van der Waals surface area contributed by atoms with Crippen molar-refractivity contribution in [2.45, 2.75) is 18.4 Å². The van der Waals surface area contributed by atoms with Crippen molar-refractivity contribution in [3.8, 4) is 6.07 Å². The fourth-order valence-corrected chi connectivity index (χ4v) is 3.12. The fraction of sp³-hybridized carbons (Fsp3) is 0.333. The van der Waals surface area contributed by atoms with Crippen LogP contribution < -0.4 is 10.6 Å². The first-order valence-corrected chi connectivity index (χ1v) is 8.27. The molecule has 1 saturated heterocycles. The number of alkyl halides is 2. The lowest BCUT2D eigenvalue weighted by Crippen LogP contribution is -2.43. The molecule has 9 heteroatoms. The van der Waals surface area contributed by atoms with E-state index in [9.17, 15) is 18.4 Å². The van der Waals surface area contributed by atoms with Gasteiger partial charge in [0.15, 0.2) is 0 Å². The monoisotopic (exact) mass is 373 g/mol. The van der Waals surface area contributed by atoms with Gasteiger partial charge in [-0.25, -0.2) is 8.78 Å². The van der Waals surface area contributed by atoms with Crippen molar-refractivity contribution in [3.63, 3.8) is 0 Å². The Morgan fingerprint density at radius 1 is 1.41 bits per heavy atom. The number of nitriles is 1. The van der Waals surface area contributed by atoms with Crippen LogP contribution in [0, 0.1) is 11.3 Å². The predicted molar refractivity (Wildman–Crippen MR) is 94.3 cm³/mol. The average Bonchev–Trinajstić information content (AvgIpc) is 2.99. The molecular weight excluding hydrogens is 356 g/mol. The first-order chi connectivity index (χ1) is 12.9. The Balaban J connectivity index is 1.74. The summed E-state index contributed by atoms with van der Waals surface area (Å²) < 4.78 is 26.9. The minimum Gasteiger partial charge on any atom is -0.386 e. The van der Waals surface area contributed by atoms with Crippen LogP contribution in [-0.2, 0) is 4.79 Å². The highest BCUT2D eigenvalue weighted by molar-refractivity contribution is 6.09. The minimum atomic E-state index is -3.09. The van der Waals surface area contributed by atoms with E-state index >= 15 is 0 Å². The zero-order valence-electron chi connectivity index (χ0n) is 14.5. The van der Waals surface area contributed by atoms with E-state index in [2.05, 4.69) is 15.6 Å². The number of hydrogen-bond acceptors (Lipinski definition) is 5. The molecule has 1 aromatic heterocycles. The van der Waals surface area contributed by atoms with E-state index in [1.54, 1.807) is 25.2 Å². The lowest BCUT2D eigenvalue weighted by atomic mass is 10.1. The molecule has 140 valence electrons. The van der Waals surface area contributed by atoms with Crippen LogP contribution in [0.4, 0.5) is 14.5 Å². The van der Waals surface area contributed by atoms with Crippen molar-refractivity contribution in [3.05, 3.63) is 36.0 Å². The molecule has 7 nitrogen and oxygen atoms in total.